The molecule has 0 spiro atoms. The summed E-state index contributed by atoms with van der Waals surface area (Å²) in [6, 6.07) is 13.0. The smallest absolute Gasteiger partial charge is 0.275 e. The lowest BCUT2D eigenvalue weighted by atomic mass is 10.1. The van der Waals surface area contributed by atoms with Crippen LogP contribution in [0.5, 0.6) is 5.75 Å². The van der Waals surface area contributed by atoms with Crippen LogP contribution in [-0.4, -0.2) is 29.4 Å². The Kier molecular flexibility index (Phi) is 5.88. The molecule has 2 aromatic carbocycles. The van der Waals surface area contributed by atoms with Crippen LogP contribution in [0.1, 0.15) is 28.4 Å². The number of methoxy groups -OCH3 is 1. The highest BCUT2D eigenvalue weighted by atomic mass is 35.5. The number of benzene rings is 2. The van der Waals surface area contributed by atoms with Crippen molar-refractivity contribution in [3.63, 3.8) is 0 Å². The van der Waals surface area contributed by atoms with E-state index in [2.05, 4.69) is 39.8 Å². The largest absolute Gasteiger partial charge is 0.496 e. The number of rotatable bonds is 6. The Hall–Kier alpha value is -3.12. The summed E-state index contributed by atoms with van der Waals surface area (Å²) in [4.78, 5) is 12.3. The van der Waals surface area contributed by atoms with Crippen LogP contribution in [0.3, 0.4) is 0 Å². The van der Waals surface area contributed by atoms with Gasteiger partial charge >= 0.3 is 0 Å². The fourth-order valence-electron chi connectivity index (χ4n) is 2.61. The minimum absolute atomic E-state index is 0.310. The van der Waals surface area contributed by atoms with Gasteiger partial charge in [-0.15, -0.1) is 0 Å². The second kappa shape index (κ2) is 8.51. The molecule has 2 N–H and O–H groups in total. The summed E-state index contributed by atoms with van der Waals surface area (Å²) in [6.45, 7) is 2.11. The van der Waals surface area contributed by atoms with Crippen LogP contribution in [0.4, 0.5) is 0 Å². The Morgan fingerprint density at radius 3 is 2.78 bits per heavy atom. The molecule has 3 rings (SSSR count). The lowest BCUT2D eigenvalue weighted by Gasteiger charge is -2.07. The van der Waals surface area contributed by atoms with Gasteiger partial charge in [0, 0.05) is 16.1 Å². The van der Waals surface area contributed by atoms with Crippen LogP contribution >= 0.6 is 11.6 Å². The maximum Gasteiger partial charge on any atom is 0.275 e. The van der Waals surface area contributed by atoms with Gasteiger partial charge in [0.2, 0.25) is 0 Å². The highest BCUT2D eigenvalue weighted by molar-refractivity contribution is 6.31. The molecule has 27 heavy (non-hydrogen) atoms. The van der Waals surface area contributed by atoms with Crippen molar-refractivity contribution < 1.29 is 9.53 Å². The SMILES string of the molecule is CCc1ccc(-c2[nH]ncc2C=NNC(=O)c2cc(Cl)ccc2OC)cc1. The number of aromatic nitrogens is 2. The molecule has 0 bridgehead atoms. The Morgan fingerprint density at radius 2 is 2.07 bits per heavy atom. The van der Waals surface area contributed by atoms with E-state index in [1.165, 1.54) is 18.7 Å². The number of aromatic amines is 1. The molecule has 0 fully saturated rings. The summed E-state index contributed by atoms with van der Waals surface area (Å²) in [7, 11) is 1.49. The molecule has 0 unspecified atom stereocenters. The summed E-state index contributed by atoms with van der Waals surface area (Å²) in [5.74, 6) is 0.00931. The van der Waals surface area contributed by atoms with Crippen molar-refractivity contribution >= 4 is 23.7 Å². The van der Waals surface area contributed by atoms with Gasteiger partial charge in [0.15, 0.2) is 0 Å². The molecule has 7 heteroatoms. The first-order chi connectivity index (χ1) is 13.1. The number of amides is 1. The molecule has 0 aliphatic carbocycles. The van der Waals surface area contributed by atoms with E-state index in [1.807, 2.05) is 12.1 Å². The molecule has 0 saturated heterocycles. The molecular weight excluding hydrogens is 364 g/mol. The van der Waals surface area contributed by atoms with Crippen LogP contribution in [-0.2, 0) is 6.42 Å². The van der Waals surface area contributed by atoms with Gasteiger partial charge in [-0.25, -0.2) is 5.43 Å². The Bertz CT molecular complexity index is 964. The van der Waals surface area contributed by atoms with Gasteiger partial charge in [-0.2, -0.15) is 10.2 Å². The molecule has 0 radical (unpaired) electrons. The van der Waals surface area contributed by atoms with Crippen molar-refractivity contribution in [2.45, 2.75) is 13.3 Å². The molecule has 0 aliphatic heterocycles. The number of nitrogens with one attached hydrogen (secondary N) is 2. The first-order valence-corrected chi connectivity index (χ1v) is 8.79. The number of H-pyrrole nitrogens is 1. The van der Waals surface area contributed by atoms with Crippen LogP contribution in [0, 0.1) is 0 Å². The quantitative estimate of drug-likeness (QED) is 0.498. The van der Waals surface area contributed by atoms with E-state index in [0.717, 1.165) is 23.2 Å². The van der Waals surface area contributed by atoms with Gasteiger partial charge in [-0.1, -0.05) is 42.8 Å². The number of hydrogen-bond acceptors (Lipinski definition) is 4. The zero-order valence-corrected chi connectivity index (χ0v) is 15.7. The molecule has 1 amide bonds. The molecule has 6 nitrogen and oxygen atoms in total. The minimum atomic E-state index is -0.414. The average molecular weight is 383 g/mol. The Balaban J connectivity index is 1.75. The number of hydrazone groups is 1. The predicted molar refractivity (Wildman–Crippen MR) is 106 cm³/mol. The van der Waals surface area contributed by atoms with Crippen molar-refractivity contribution in [3.8, 4) is 17.0 Å². The van der Waals surface area contributed by atoms with Crippen LogP contribution in [0.25, 0.3) is 11.3 Å². The van der Waals surface area contributed by atoms with Crippen LogP contribution in [0.2, 0.25) is 5.02 Å². The Labute approximate surface area is 162 Å². The third-order valence-corrected chi connectivity index (χ3v) is 4.33. The van der Waals surface area contributed by atoms with E-state index < -0.39 is 5.91 Å². The van der Waals surface area contributed by atoms with E-state index in [-0.39, 0.29) is 0 Å². The minimum Gasteiger partial charge on any atom is -0.496 e. The lowest BCUT2D eigenvalue weighted by molar-refractivity contribution is 0.0952. The van der Waals surface area contributed by atoms with Gasteiger partial charge < -0.3 is 4.74 Å². The van der Waals surface area contributed by atoms with Crippen molar-refractivity contribution in [2.24, 2.45) is 5.10 Å². The summed E-state index contributed by atoms with van der Waals surface area (Å²) >= 11 is 5.96. The first-order valence-electron chi connectivity index (χ1n) is 8.42. The second-order valence-corrected chi connectivity index (χ2v) is 6.23. The van der Waals surface area contributed by atoms with Gasteiger partial charge in [0.05, 0.1) is 30.8 Å². The molecule has 0 atom stereocenters. The first kappa shape index (κ1) is 18.7. The summed E-state index contributed by atoms with van der Waals surface area (Å²) in [5, 5.41) is 11.5. The summed E-state index contributed by atoms with van der Waals surface area (Å²) in [6.07, 6.45) is 4.18. The van der Waals surface area contributed by atoms with Crippen LogP contribution < -0.4 is 10.2 Å². The molecule has 0 saturated carbocycles. The number of halogens is 1. The van der Waals surface area contributed by atoms with E-state index in [9.17, 15) is 4.79 Å². The van der Waals surface area contributed by atoms with E-state index in [4.69, 9.17) is 16.3 Å². The number of carbonyl (C=O) groups excluding carboxylic acids is 1. The maximum atomic E-state index is 12.3. The molecule has 1 heterocycles. The summed E-state index contributed by atoms with van der Waals surface area (Å²) in [5.41, 5.74) is 6.64. The Morgan fingerprint density at radius 1 is 1.30 bits per heavy atom. The number of carbonyl (C=O) groups is 1. The third kappa shape index (κ3) is 4.35. The predicted octanol–water partition coefficient (Wildman–Crippen LogP) is 4.07. The number of hydrogen-bond donors (Lipinski definition) is 2. The zero-order chi connectivity index (χ0) is 19.2. The number of nitrogens with zero attached hydrogens (tertiary/aromatic N) is 2. The van der Waals surface area contributed by atoms with Crippen LogP contribution in [0.15, 0.2) is 53.8 Å². The van der Waals surface area contributed by atoms with E-state index in [1.54, 1.807) is 24.5 Å². The van der Waals surface area contributed by atoms with E-state index >= 15 is 0 Å². The zero-order valence-electron chi connectivity index (χ0n) is 15.0. The van der Waals surface area contributed by atoms with Gasteiger partial charge in [0.1, 0.15) is 5.75 Å². The fraction of sp³-hybridized carbons (Fsp3) is 0.150. The molecule has 138 valence electrons. The summed E-state index contributed by atoms with van der Waals surface area (Å²) < 4.78 is 5.18. The molecule has 0 aliphatic rings. The molecule has 1 aromatic heterocycles. The topological polar surface area (TPSA) is 79.4 Å². The molecular formula is C20H19ClN4O2. The van der Waals surface area contributed by atoms with Gasteiger partial charge in [-0.3, -0.25) is 9.89 Å². The second-order valence-electron chi connectivity index (χ2n) is 5.79. The van der Waals surface area contributed by atoms with Crippen molar-refractivity contribution in [3.05, 3.63) is 70.4 Å². The number of aryl methyl sites for hydroxylation is 1. The third-order valence-electron chi connectivity index (χ3n) is 4.10. The monoisotopic (exact) mass is 382 g/mol. The molecule has 3 aromatic rings. The normalized spacial score (nSPS) is 10.9. The fourth-order valence-corrected chi connectivity index (χ4v) is 2.78. The number of ether oxygens (including phenoxy) is 1. The highest BCUT2D eigenvalue weighted by Gasteiger charge is 2.12. The highest BCUT2D eigenvalue weighted by Crippen LogP contribution is 2.23. The lowest BCUT2D eigenvalue weighted by Crippen LogP contribution is -2.18. The average Bonchev–Trinajstić information content (AvgIpc) is 3.16. The van der Waals surface area contributed by atoms with Crippen molar-refractivity contribution in [1.82, 2.24) is 15.6 Å². The standard InChI is InChI=1S/C20H19ClN4O2/c1-3-13-4-6-14(7-5-13)19-15(11-22-24-19)12-23-25-20(26)17-10-16(21)8-9-18(17)27-2/h4-12H,3H2,1-2H3,(H,22,24)(H,25,26). The van der Waals surface area contributed by atoms with Crippen molar-refractivity contribution in [1.29, 1.82) is 0 Å². The van der Waals surface area contributed by atoms with E-state index in [0.29, 0.717) is 16.3 Å². The van der Waals surface area contributed by atoms with Gasteiger partial charge in [0.25, 0.3) is 5.91 Å². The maximum absolute atomic E-state index is 12.3. The van der Waals surface area contributed by atoms with Crippen molar-refractivity contribution in [2.75, 3.05) is 7.11 Å². The van der Waals surface area contributed by atoms with Gasteiger partial charge in [-0.05, 0) is 30.2 Å².